The number of aryl methyl sites for hydroxylation is 1. The number of carbonyl (C=O) groups excluding carboxylic acids is 1. The predicted octanol–water partition coefficient (Wildman–Crippen LogP) is 2.07. The zero-order valence-electron chi connectivity index (χ0n) is 17.2. The van der Waals surface area contributed by atoms with Crippen molar-refractivity contribution in [2.45, 2.75) is 6.92 Å². The van der Waals surface area contributed by atoms with Gasteiger partial charge in [-0.3, -0.25) is 4.79 Å². The number of amides is 1. The largest absolute Gasteiger partial charge is 0.384 e. The summed E-state index contributed by atoms with van der Waals surface area (Å²) in [5, 5.41) is 0. The Labute approximate surface area is 175 Å². The van der Waals surface area contributed by atoms with E-state index >= 15 is 0 Å². The summed E-state index contributed by atoms with van der Waals surface area (Å²) in [5.41, 5.74) is 16.3. The van der Waals surface area contributed by atoms with Crippen LogP contribution in [-0.4, -0.2) is 63.9 Å². The summed E-state index contributed by atoms with van der Waals surface area (Å²) in [6, 6.07) is 11.1. The maximum absolute atomic E-state index is 12.8. The van der Waals surface area contributed by atoms with Crippen molar-refractivity contribution < 1.29 is 4.79 Å². The average Bonchev–Trinajstić information content (AvgIpc) is 2.74. The van der Waals surface area contributed by atoms with Crippen LogP contribution in [0.1, 0.15) is 16.1 Å². The van der Waals surface area contributed by atoms with Crippen molar-refractivity contribution in [1.82, 2.24) is 24.8 Å². The van der Waals surface area contributed by atoms with Gasteiger partial charge in [-0.1, -0.05) is 12.1 Å². The molecular weight excluding hydrogens is 378 g/mol. The van der Waals surface area contributed by atoms with Gasteiger partial charge in [0.05, 0.1) is 11.4 Å². The standard InChI is InChI=1S/C22H25N7O/c1-14-19(17-7-8-18(23)25-13-17)20(27-22(24)26-14)15-3-5-16(6-4-15)21(30)29-11-9-28(2)10-12-29/h3-8,13H,9-12H2,1-2H3,(H2,23,25)(H2,24,26,27). The van der Waals surface area contributed by atoms with Gasteiger partial charge >= 0.3 is 0 Å². The van der Waals surface area contributed by atoms with Crippen molar-refractivity contribution in [3.8, 4) is 22.4 Å². The molecule has 4 N–H and O–H groups in total. The van der Waals surface area contributed by atoms with Crippen molar-refractivity contribution >= 4 is 17.7 Å². The molecule has 1 aliphatic heterocycles. The molecule has 0 saturated carbocycles. The Hall–Kier alpha value is -3.52. The summed E-state index contributed by atoms with van der Waals surface area (Å²) >= 11 is 0. The fourth-order valence-corrected chi connectivity index (χ4v) is 3.66. The lowest BCUT2D eigenvalue weighted by molar-refractivity contribution is 0.0664. The van der Waals surface area contributed by atoms with E-state index in [0.29, 0.717) is 17.1 Å². The van der Waals surface area contributed by atoms with Gasteiger partial charge in [0.15, 0.2) is 0 Å². The number of benzene rings is 1. The van der Waals surface area contributed by atoms with Crippen LogP contribution in [0.15, 0.2) is 42.6 Å². The summed E-state index contributed by atoms with van der Waals surface area (Å²) in [7, 11) is 2.07. The van der Waals surface area contributed by atoms with E-state index in [9.17, 15) is 4.79 Å². The number of aromatic nitrogens is 3. The van der Waals surface area contributed by atoms with Gasteiger partial charge in [-0.05, 0) is 38.2 Å². The van der Waals surface area contributed by atoms with E-state index in [1.165, 1.54) is 0 Å². The van der Waals surface area contributed by atoms with Gasteiger partial charge in [-0.25, -0.2) is 15.0 Å². The van der Waals surface area contributed by atoms with Crippen LogP contribution in [0.5, 0.6) is 0 Å². The average molecular weight is 403 g/mol. The minimum absolute atomic E-state index is 0.0518. The Bertz CT molecular complexity index is 1060. The van der Waals surface area contributed by atoms with Crippen molar-refractivity contribution in [2.24, 2.45) is 0 Å². The van der Waals surface area contributed by atoms with E-state index in [0.717, 1.165) is 48.6 Å². The van der Waals surface area contributed by atoms with Crippen LogP contribution < -0.4 is 11.5 Å². The Morgan fingerprint density at radius 1 is 0.933 bits per heavy atom. The molecule has 1 amide bonds. The molecule has 8 nitrogen and oxygen atoms in total. The topological polar surface area (TPSA) is 114 Å². The van der Waals surface area contributed by atoms with Gasteiger partial charge in [-0.15, -0.1) is 0 Å². The fourth-order valence-electron chi connectivity index (χ4n) is 3.66. The van der Waals surface area contributed by atoms with E-state index < -0.39 is 0 Å². The minimum Gasteiger partial charge on any atom is -0.384 e. The highest BCUT2D eigenvalue weighted by Gasteiger charge is 2.21. The maximum Gasteiger partial charge on any atom is 0.253 e. The number of nitrogen functional groups attached to an aromatic ring is 2. The first-order valence-corrected chi connectivity index (χ1v) is 9.86. The Morgan fingerprint density at radius 2 is 1.60 bits per heavy atom. The number of anilines is 2. The third kappa shape index (κ3) is 3.95. The third-order valence-corrected chi connectivity index (χ3v) is 5.38. The summed E-state index contributed by atoms with van der Waals surface area (Å²) < 4.78 is 0. The number of hydrogen-bond acceptors (Lipinski definition) is 7. The highest BCUT2D eigenvalue weighted by atomic mass is 16.2. The van der Waals surface area contributed by atoms with E-state index in [4.69, 9.17) is 11.5 Å². The third-order valence-electron chi connectivity index (χ3n) is 5.38. The van der Waals surface area contributed by atoms with Gasteiger partial charge < -0.3 is 21.3 Å². The second kappa shape index (κ2) is 8.08. The molecule has 0 aliphatic carbocycles. The van der Waals surface area contributed by atoms with Crippen molar-refractivity contribution in [2.75, 3.05) is 44.7 Å². The SMILES string of the molecule is Cc1nc(N)nc(-c2ccc(C(=O)N3CCN(C)CC3)cc2)c1-c1ccc(N)nc1. The molecule has 1 aliphatic rings. The molecule has 0 atom stereocenters. The van der Waals surface area contributed by atoms with Crippen molar-refractivity contribution in [1.29, 1.82) is 0 Å². The van der Waals surface area contributed by atoms with Crippen molar-refractivity contribution in [3.05, 3.63) is 53.9 Å². The quantitative estimate of drug-likeness (QED) is 0.688. The highest BCUT2D eigenvalue weighted by molar-refractivity contribution is 5.95. The highest BCUT2D eigenvalue weighted by Crippen LogP contribution is 2.33. The van der Waals surface area contributed by atoms with E-state index in [1.54, 1.807) is 12.3 Å². The number of hydrogen-bond donors (Lipinski definition) is 2. The minimum atomic E-state index is 0.0518. The fraction of sp³-hybridized carbons (Fsp3) is 0.273. The first kappa shape index (κ1) is 19.8. The van der Waals surface area contributed by atoms with Crippen LogP contribution in [-0.2, 0) is 0 Å². The number of carbonyl (C=O) groups is 1. The zero-order chi connectivity index (χ0) is 21.3. The molecule has 3 heterocycles. The molecule has 2 aromatic heterocycles. The van der Waals surface area contributed by atoms with Gasteiger partial charge in [0.2, 0.25) is 5.95 Å². The predicted molar refractivity (Wildman–Crippen MR) is 118 cm³/mol. The molecule has 8 heteroatoms. The zero-order valence-corrected chi connectivity index (χ0v) is 17.2. The molecule has 30 heavy (non-hydrogen) atoms. The number of pyridine rings is 1. The monoisotopic (exact) mass is 403 g/mol. The van der Waals surface area contributed by atoms with Crippen molar-refractivity contribution in [3.63, 3.8) is 0 Å². The summed E-state index contributed by atoms with van der Waals surface area (Å²) in [6.07, 6.45) is 1.70. The van der Waals surface area contributed by atoms with E-state index in [2.05, 4.69) is 26.9 Å². The first-order valence-electron chi connectivity index (χ1n) is 9.86. The van der Waals surface area contributed by atoms with Crippen LogP contribution in [0.25, 0.3) is 22.4 Å². The van der Waals surface area contributed by atoms with Crippen LogP contribution >= 0.6 is 0 Å². The van der Waals surface area contributed by atoms with E-state index in [1.807, 2.05) is 42.2 Å². The maximum atomic E-state index is 12.8. The van der Waals surface area contributed by atoms with Gasteiger partial charge in [-0.2, -0.15) is 0 Å². The molecule has 1 saturated heterocycles. The number of likely N-dealkylation sites (N-methyl/N-ethyl adjacent to an activating group) is 1. The lowest BCUT2D eigenvalue weighted by Crippen LogP contribution is -2.47. The molecule has 0 spiro atoms. The summed E-state index contributed by atoms with van der Waals surface area (Å²) in [4.78, 5) is 29.9. The first-order chi connectivity index (χ1) is 14.4. The van der Waals surface area contributed by atoms with Gasteiger partial charge in [0, 0.05) is 54.6 Å². The van der Waals surface area contributed by atoms with Crippen LogP contribution in [0.3, 0.4) is 0 Å². The normalized spacial score (nSPS) is 14.7. The Morgan fingerprint density at radius 3 is 2.23 bits per heavy atom. The molecule has 3 aromatic rings. The Balaban J connectivity index is 1.67. The molecule has 1 fully saturated rings. The number of rotatable bonds is 3. The van der Waals surface area contributed by atoms with E-state index in [-0.39, 0.29) is 11.9 Å². The number of nitrogens with two attached hydrogens (primary N) is 2. The lowest BCUT2D eigenvalue weighted by Gasteiger charge is -2.32. The second-order valence-corrected chi connectivity index (χ2v) is 7.54. The summed E-state index contributed by atoms with van der Waals surface area (Å²) in [6.45, 7) is 5.16. The molecule has 0 radical (unpaired) electrons. The second-order valence-electron chi connectivity index (χ2n) is 7.54. The van der Waals surface area contributed by atoms with Crippen LogP contribution in [0.4, 0.5) is 11.8 Å². The van der Waals surface area contributed by atoms with Crippen LogP contribution in [0.2, 0.25) is 0 Å². The molecule has 1 aromatic carbocycles. The smallest absolute Gasteiger partial charge is 0.253 e. The summed E-state index contributed by atoms with van der Waals surface area (Å²) in [5.74, 6) is 0.698. The number of nitrogens with zero attached hydrogens (tertiary/aromatic N) is 5. The molecular formula is C22H25N7O. The van der Waals surface area contributed by atoms with Gasteiger partial charge in [0.1, 0.15) is 5.82 Å². The molecule has 0 bridgehead atoms. The lowest BCUT2D eigenvalue weighted by atomic mass is 9.98. The molecule has 0 unspecified atom stereocenters. The van der Waals surface area contributed by atoms with Gasteiger partial charge in [0.25, 0.3) is 5.91 Å². The Kier molecular flexibility index (Phi) is 5.33. The van der Waals surface area contributed by atoms with Crippen LogP contribution in [0, 0.1) is 6.92 Å². The molecule has 154 valence electrons. The molecule has 4 rings (SSSR count). The number of piperazine rings is 1.